The Labute approximate surface area is 228 Å². The van der Waals surface area contributed by atoms with E-state index in [4.69, 9.17) is 11.6 Å². The lowest BCUT2D eigenvalue weighted by Gasteiger charge is -2.24. The van der Waals surface area contributed by atoms with E-state index in [-0.39, 0.29) is 12.5 Å². The largest absolute Gasteiger partial charge is 0.466 e. The fraction of sp³-hybridized carbons (Fsp3) is 0.125. The van der Waals surface area contributed by atoms with Crippen LogP contribution in [0.15, 0.2) is 103 Å². The molecule has 6 heteroatoms. The molecule has 0 aliphatic carbocycles. The first-order valence-electron chi connectivity index (χ1n) is 12.1. The second kappa shape index (κ2) is 12.3. The van der Waals surface area contributed by atoms with E-state index in [1.54, 1.807) is 23.1 Å². The summed E-state index contributed by atoms with van der Waals surface area (Å²) < 4.78 is 4.69. The van der Waals surface area contributed by atoms with Gasteiger partial charge in [-0.25, -0.2) is 4.79 Å². The number of carbonyl (C=O) groups excluding carboxylic acids is 2. The Kier molecular flexibility index (Phi) is 8.62. The van der Waals surface area contributed by atoms with Gasteiger partial charge in [-0.2, -0.15) is 0 Å². The Morgan fingerprint density at radius 3 is 2.18 bits per heavy atom. The average Bonchev–Trinajstić information content (AvgIpc) is 2.95. The van der Waals surface area contributed by atoms with Crippen LogP contribution in [0, 0.1) is 0 Å². The number of carbonyl (C=O) groups is 2. The number of esters is 1. The van der Waals surface area contributed by atoms with Crippen LogP contribution < -0.4 is 9.80 Å². The molecule has 0 radical (unpaired) electrons. The zero-order chi connectivity index (χ0) is 27.1. The van der Waals surface area contributed by atoms with Gasteiger partial charge in [0.15, 0.2) is 0 Å². The maximum absolute atomic E-state index is 13.6. The topological polar surface area (TPSA) is 49.9 Å². The van der Waals surface area contributed by atoms with Crippen molar-refractivity contribution in [3.63, 3.8) is 0 Å². The van der Waals surface area contributed by atoms with Gasteiger partial charge in [0.1, 0.15) is 0 Å². The molecule has 38 heavy (non-hydrogen) atoms. The van der Waals surface area contributed by atoms with Crippen molar-refractivity contribution < 1.29 is 14.3 Å². The molecule has 4 aromatic carbocycles. The number of halogens is 1. The van der Waals surface area contributed by atoms with Crippen LogP contribution in [0.3, 0.4) is 0 Å². The van der Waals surface area contributed by atoms with Crippen molar-refractivity contribution in [3.8, 4) is 11.1 Å². The number of methoxy groups -OCH3 is 1. The predicted molar refractivity (Wildman–Crippen MR) is 156 cm³/mol. The van der Waals surface area contributed by atoms with E-state index in [9.17, 15) is 9.59 Å². The molecule has 5 nitrogen and oxygen atoms in total. The van der Waals surface area contributed by atoms with Crippen LogP contribution in [-0.2, 0) is 16.1 Å². The molecular formula is C32H29ClN2O3. The Morgan fingerprint density at radius 2 is 1.53 bits per heavy atom. The van der Waals surface area contributed by atoms with Gasteiger partial charge in [0, 0.05) is 42.1 Å². The highest BCUT2D eigenvalue weighted by molar-refractivity contribution is 6.31. The summed E-state index contributed by atoms with van der Waals surface area (Å²) >= 11 is 6.77. The van der Waals surface area contributed by atoms with E-state index in [0.717, 1.165) is 27.9 Å². The number of benzene rings is 4. The highest BCUT2D eigenvalue weighted by atomic mass is 35.5. The van der Waals surface area contributed by atoms with Crippen molar-refractivity contribution in [2.75, 3.05) is 31.0 Å². The van der Waals surface area contributed by atoms with Gasteiger partial charge in [0.25, 0.3) is 5.91 Å². The number of anilines is 2. The molecule has 0 saturated heterocycles. The zero-order valence-corrected chi connectivity index (χ0v) is 22.4. The van der Waals surface area contributed by atoms with E-state index in [2.05, 4.69) is 33.9 Å². The lowest BCUT2D eigenvalue weighted by Crippen LogP contribution is -2.30. The average molecular weight is 525 g/mol. The van der Waals surface area contributed by atoms with E-state index >= 15 is 0 Å². The SMILES string of the molecule is COC(=O)/C=C/c1cccc(N(Cc2ccc(-c3ccc(N(C)C)cc3)cc2Cl)C(=O)c2ccccc2)c1. The Bertz CT molecular complexity index is 1450. The number of hydrogen-bond acceptors (Lipinski definition) is 4. The fourth-order valence-electron chi connectivity index (χ4n) is 4.02. The van der Waals surface area contributed by atoms with Gasteiger partial charge in [-0.05, 0) is 70.8 Å². The maximum Gasteiger partial charge on any atom is 0.330 e. The van der Waals surface area contributed by atoms with E-state index < -0.39 is 5.97 Å². The van der Waals surface area contributed by atoms with Gasteiger partial charge in [-0.1, -0.05) is 66.2 Å². The molecule has 0 aliphatic heterocycles. The minimum Gasteiger partial charge on any atom is -0.466 e. The van der Waals surface area contributed by atoms with Crippen molar-refractivity contribution in [1.82, 2.24) is 0 Å². The summed E-state index contributed by atoms with van der Waals surface area (Å²) in [6.07, 6.45) is 3.01. The third kappa shape index (κ3) is 6.50. The van der Waals surface area contributed by atoms with Gasteiger partial charge >= 0.3 is 5.97 Å². The number of rotatable bonds is 8. The minimum atomic E-state index is -0.448. The minimum absolute atomic E-state index is 0.154. The zero-order valence-electron chi connectivity index (χ0n) is 21.6. The first-order valence-corrected chi connectivity index (χ1v) is 12.5. The van der Waals surface area contributed by atoms with Crippen LogP contribution in [0.1, 0.15) is 21.5 Å². The first-order chi connectivity index (χ1) is 18.4. The Balaban J connectivity index is 1.66. The van der Waals surface area contributed by atoms with Crippen molar-refractivity contribution >= 4 is 40.9 Å². The summed E-state index contributed by atoms with van der Waals surface area (Å²) in [5, 5.41) is 0.576. The lowest BCUT2D eigenvalue weighted by atomic mass is 10.0. The van der Waals surface area contributed by atoms with Crippen molar-refractivity contribution in [2.45, 2.75) is 6.54 Å². The number of ether oxygens (including phenoxy) is 1. The number of amides is 1. The molecule has 0 heterocycles. The van der Waals surface area contributed by atoms with E-state index in [1.807, 2.05) is 74.8 Å². The summed E-state index contributed by atoms with van der Waals surface area (Å²) in [5.41, 5.74) is 6.02. The van der Waals surface area contributed by atoms with Crippen LogP contribution in [-0.4, -0.2) is 33.1 Å². The van der Waals surface area contributed by atoms with E-state index in [0.29, 0.717) is 16.3 Å². The number of nitrogens with zero attached hydrogens (tertiary/aromatic N) is 2. The molecule has 1 amide bonds. The van der Waals surface area contributed by atoms with Gasteiger partial charge in [0.05, 0.1) is 13.7 Å². The summed E-state index contributed by atoms with van der Waals surface area (Å²) in [5.74, 6) is -0.602. The molecule has 0 atom stereocenters. The predicted octanol–water partition coefficient (Wildman–Crippen LogP) is 7.11. The number of hydrogen-bond donors (Lipinski definition) is 0. The molecule has 0 fully saturated rings. The van der Waals surface area contributed by atoms with Gasteiger partial charge in [-0.15, -0.1) is 0 Å². The van der Waals surface area contributed by atoms with Crippen molar-refractivity contribution in [3.05, 3.63) is 125 Å². The van der Waals surface area contributed by atoms with Gasteiger partial charge in [-0.3, -0.25) is 4.79 Å². The molecule has 0 bridgehead atoms. The normalized spacial score (nSPS) is 10.8. The fourth-order valence-corrected chi connectivity index (χ4v) is 4.26. The molecular weight excluding hydrogens is 496 g/mol. The summed E-state index contributed by atoms with van der Waals surface area (Å²) in [4.78, 5) is 29.0. The summed E-state index contributed by atoms with van der Waals surface area (Å²) in [6.45, 7) is 0.274. The van der Waals surface area contributed by atoms with Gasteiger partial charge < -0.3 is 14.5 Å². The molecule has 4 rings (SSSR count). The standard InChI is InChI=1S/C32H29ClN2O3/c1-34(2)28-17-15-24(16-18-28)26-13-14-27(30(33)21-26)22-35(32(37)25-9-5-4-6-10-25)29-11-7-8-23(20-29)12-19-31(36)38-3/h4-21H,22H2,1-3H3/b19-12+. The third-order valence-electron chi connectivity index (χ3n) is 6.16. The molecule has 0 aromatic heterocycles. The molecule has 192 valence electrons. The molecule has 0 saturated carbocycles. The lowest BCUT2D eigenvalue weighted by molar-refractivity contribution is -0.134. The molecule has 4 aromatic rings. The van der Waals surface area contributed by atoms with Crippen LogP contribution in [0.4, 0.5) is 11.4 Å². The second-order valence-corrected chi connectivity index (χ2v) is 9.36. The quantitative estimate of drug-likeness (QED) is 0.182. The van der Waals surface area contributed by atoms with Crippen molar-refractivity contribution in [1.29, 1.82) is 0 Å². The van der Waals surface area contributed by atoms with Crippen LogP contribution in [0.5, 0.6) is 0 Å². The monoisotopic (exact) mass is 524 g/mol. The maximum atomic E-state index is 13.6. The van der Waals surface area contributed by atoms with Gasteiger partial charge in [0.2, 0.25) is 0 Å². The van der Waals surface area contributed by atoms with Crippen molar-refractivity contribution in [2.24, 2.45) is 0 Å². The third-order valence-corrected chi connectivity index (χ3v) is 6.51. The summed E-state index contributed by atoms with van der Waals surface area (Å²) in [6, 6.07) is 30.7. The second-order valence-electron chi connectivity index (χ2n) is 8.96. The van der Waals surface area contributed by atoms with Crippen LogP contribution in [0.25, 0.3) is 17.2 Å². The Morgan fingerprint density at radius 1 is 0.816 bits per heavy atom. The summed E-state index contributed by atoms with van der Waals surface area (Å²) in [7, 11) is 5.35. The molecule has 0 aliphatic rings. The Hall–Kier alpha value is -4.35. The first kappa shape index (κ1) is 26.7. The molecule has 0 unspecified atom stereocenters. The van der Waals surface area contributed by atoms with E-state index in [1.165, 1.54) is 13.2 Å². The highest BCUT2D eigenvalue weighted by Crippen LogP contribution is 2.30. The smallest absolute Gasteiger partial charge is 0.330 e. The molecule has 0 N–H and O–H groups in total. The van der Waals surface area contributed by atoms with Crippen LogP contribution in [0.2, 0.25) is 5.02 Å². The highest BCUT2D eigenvalue weighted by Gasteiger charge is 2.20. The van der Waals surface area contributed by atoms with Crippen LogP contribution >= 0.6 is 11.6 Å². The molecule has 0 spiro atoms.